The molecule has 0 aliphatic carbocycles. The minimum atomic E-state index is -0.891. The molecule has 0 aliphatic heterocycles. The molecule has 0 aromatic carbocycles. The van der Waals surface area contributed by atoms with Crippen LogP contribution < -0.4 is 0 Å². The highest BCUT2D eigenvalue weighted by molar-refractivity contribution is 5.79. The lowest BCUT2D eigenvalue weighted by atomic mass is 10.0. The Bertz CT molecular complexity index is 243. The van der Waals surface area contributed by atoms with Gasteiger partial charge in [-0.05, 0) is 6.92 Å². The van der Waals surface area contributed by atoms with Gasteiger partial charge in [0.05, 0.1) is 0 Å². The maximum absolute atomic E-state index is 9.51. The van der Waals surface area contributed by atoms with Crippen LogP contribution in [0.2, 0.25) is 0 Å². The van der Waals surface area contributed by atoms with Gasteiger partial charge in [0.15, 0.2) is 0 Å². The lowest BCUT2D eigenvalue weighted by Gasteiger charge is -2.03. The number of unbranched alkanes of at least 4 members (excludes halogenated alkanes) is 15. The van der Waals surface area contributed by atoms with Crippen molar-refractivity contribution in [2.75, 3.05) is 0 Å². The molecular formula is C22H44O2. The second-order valence-electron chi connectivity index (χ2n) is 6.79. The second kappa shape index (κ2) is 24.5. The Morgan fingerprint density at radius 1 is 0.625 bits per heavy atom. The topological polar surface area (TPSA) is 37.3 Å². The molecule has 1 N–H and O–H groups in total. The van der Waals surface area contributed by atoms with Gasteiger partial charge in [-0.15, -0.1) is 0 Å². The Kier molecular flexibility index (Phi) is 25.9. The first-order chi connectivity index (χ1) is 11.7. The van der Waals surface area contributed by atoms with Gasteiger partial charge >= 0.3 is 5.97 Å². The average molecular weight is 341 g/mol. The van der Waals surface area contributed by atoms with Crippen LogP contribution in [0, 0.1) is 0 Å². The SMILES string of the molecule is CC=CC(=O)O.CCCCCCCCCCCCCCCCCC. The molecule has 24 heavy (non-hydrogen) atoms. The maximum Gasteiger partial charge on any atom is 0.327 e. The first-order valence-electron chi connectivity index (χ1n) is 10.5. The third-order valence-electron chi connectivity index (χ3n) is 4.27. The number of hydrogen-bond donors (Lipinski definition) is 1. The van der Waals surface area contributed by atoms with E-state index in [4.69, 9.17) is 5.11 Å². The minimum Gasteiger partial charge on any atom is -0.478 e. The summed E-state index contributed by atoms with van der Waals surface area (Å²) in [5, 5.41) is 7.83. The fourth-order valence-corrected chi connectivity index (χ4v) is 2.76. The third kappa shape index (κ3) is 29.2. The van der Waals surface area contributed by atoms with Crippen molar-refractivity contribution in [3.8, 4) is 0 Å². The summed E-state index contributed by atoms with van der Waals surface area (Å²) < 4.78 is 0. The number of hydrogen-bond acceptors (Lipinski definition) is 1. The van der Waals surface area contributed by atoms with E-state index in [2.05, 4.69) is 13.8 Å². The van der Waals surface area contributed by atoms with Gasteiger partial charge in [0.25, 0.3) is 0 Å². The molecule has 2 nitrogen and oxygen atoms in total. The lowest BCUT2D eigenvalue weighted by Crippen LogP contribution is -1.83. The predicted molar refractivity (Wildman–Crippen MR) is 108 cm³/mol. The first-order valence-corrected chi connectivity index (χ1v) is 10.5. The highest BCUT2D eigenvalue weighted by Crippen LogP contribution is 2.13. The quantitative estimate of drug-likeness (QED) is 0.229. The predicted octanol–water partition coefficient (Wildman–Crippen LogP) is 7.91. The Hall–Kier alpha value is -0.790. The Labute approximate surface area is 152 Å². The molecule has 0 aromatic heterocycles. The molecule has 144 valence electrons. The number of carboxylic acids is 1. The third-order valence-corrected chi connectivity index (χ3v) is 4.27. The summed E-state index contributed by atoms with van der Waals surface area (Å²) in [5.74, 6) is -0.891. The van der Waals surface area contributed by atoms with E-state index in [0.717, 1.165) is 6.08 Å². The molecule has 0 spiro atoms. The molecule has 0 radical (unpaired) electrons. The summed E-state index contributed by atoms with van der Waals surface area (Å²) in [7, 11) is 0. The van der Waals surface area contributed by atoms with E-state index in [0.29, 0.717) is 0 Å². The molecule has 0 fully saturated rings. The smallest absolute Gasteiger partial charge is 0.327 e. The summed E-state index contributed by atoms with van der Waals surface area (Å²) >= 11 is 0. The molecular weight excluding hydrogens is 296 g/mol. The zero-order valence-electron chi connectivity index (χ0n) is 16.8. The van der Waals surface area contributed by atoms with Gasteiger partial charge in [0, 0.05) is 6.08 Å². The van der Waals surface area contributed by atoms with Crippen LogP contribution in [0.1, 0.15) is 124 Å². The van der Waals surface area contributed by atoms with Crippen molar-refractivity contribution in [3.05, 3.63) is 12.2 Å². The minimum absolute atomic E-state index is 0.891. The van der Waals surface area contributed by atoms with Crippen LogP contribution in [0.25, 0.3) is 0 Å². The standard InChI is InChI=1S/C18H38.C4H6O2/c1-3-5-7-9-11-13-15-17-18-16-14-12-10-8-6-4-2;1-2-3-4(5)6/h3-18H2,1-2H3;2-3H,1H3,(H,5,6). The highest BCUT2D eigenvalue weighted by Gasteiger charge is 1.93. The molecule has 0 bridgehead atoms. The number of aliphatic carboxylic acids is 1. The normalized spacial score (nSPS) is 10.6. The van der Waals surface area contributed by atoms with Crippen LogP contribution in [0.4, 0.5) is 0 Å². The van der Waals surface area contributed by atoms with Crippen LogP contribution in [0.3, 0.4) is 0 Å². The second-order valence-corrected chi connectivity index (χ2v) is 6.79. The van der Waals surface area contributed by atoms with Gasteiger partial charge in [0.1, 0.15) is 0 Å². The molecule has 0 saturated heterocycles. The summed E-state index contributed by atoms with van der Waals surface area (Å²) in [5.41, 5.74) is 0. The van der Waals surface area contributed by atoms with Crippen LogP contribution in [0.15, 0.2) is 12.2 Å². The number of carboxylic acid groups (broad SMARTS) is 1. The summed E-state index contributed by atoms with van der Waals surface area (Å²) in [6.07, 6.45) is 26.0. The van der Waals surface area contributed by atoms with Gasteiger partial charge < -0.3 is 5.11 Å². The van der Waals surface area contributed by atoms with E-state index in [1.54, 1.807) is 6.92 Å². The van der Waals surface area contributed by atoms with Crippen LogP contribution in [0.5, 0.6) is 0 Å². The van der Waals surface area contributed by atoms with E-state index in [1.165, 1.54) is 109 Å². The molecule has 0 atom stereocenters. The van der Waals surface area contributed by atoms with Gasteiger partial charge in [-0.2, -0.15) is 0 Å². The van der Waals surface area contributed by atoms with Crippen LogP contribution in [-0.2, 0) is 4.79 Å². The van der Waals surface area contributed by atoms with E-state index in [1.807, 2.05) is 0 Å². The zero-order valence-corrected chi connectivity index (χ0v) is 16.8. The van der Waals surface area contributed by atoms with Crippen LogP contribution in [-0.4, -0.2) is 11.1 Å². The van der Waals surface area contributed by atoms with Gasteiger partial charge in [0.2, 0.25) is 0 Å². The molecule has 0 amide bonds. The monoisotopic (exact) mass is 340 g/mol. The van der Waals surface area contributed by atoms with Gasteiger partial charge in [-0.1, -0.05) is 123 Å². The number of carbonyl (C=O) groups is 1. The van der Waals surface area contributed by atoms with Crippen molar-refractivity contribution >= 4 is 5.97 Å². The molecule has 0 rings (SSSR count). The first kappa shape index (κ1) is 25.5. The molecule has 2 heteroatoms. The fraction of sp³-hybridized carbons (Fsp3) is 0.864. The molecule has 0 saturated carbocycles. The van der Waals surface area contributed by atoms with E-state index in [-0.39, 0.29) is 0 Å². The van der Waals surface area contributed by atoms with Crippen LogP contribution >= 0.6 is 0 Å². The molecule has 0 heterocycles. The Balaban J connectivity index is 0. The molecule has 0 unspecified atom stereocenters. The van der Waals surface area contributed by atoms with Crippen molar-refractivity contribution in [1.29, 1.82) is 0 Å². The lowest BCUT2D eigenvalue weighted by molar-refractivity contribution is -0.131. The summed E-state index contributed by atoms with van der Waals surface area (Å²) in [6, 6.07) is 0. The zero-order chi connectivity index (χ0) is 18.3. The maximum atomic E-state index is 9.51. The van der Waals surface area contributed by atoms with Gasteiger partial charge in [-0.25, -0.2) is 4.79 Å². The fourth-order valence-electron chi connectivity index (χ4n) is 2.76. The largest absolute Gasteiger partial charge is 0.478 e. The van der Waals surface area contributed by atoms with Crippen molar-refractivity contribution in [3.63, 3.8) is 0 Å². The molecule has 0 aliphatic rings. The van der Waals surface area contributed by atoms with Crippen molar-refractivity contribution in [1.82, 2.24) is 0 Å². The molecule has 0 aromatic rings. The van der Waals surface area contributed by atoms with Crippen molar-refractivity contribution in [2.24, 2.45) is 0 Å². The van der Waals surface area contributed by atoms with Crippen molar-refractivity contribution in [2.45, 2.75) is 124 Å². The highest BCUT2D eigenvalue weighted by atomic mass is 16.4. The van der Waals surface area contributed by atoms with E-state index >= 15 is 0 Å². The Morgan fingerprint density at radius 2 is 0.875 bits per heavy atom. The van der Waals surface area contributed by atoms with E-state index < -0.39 is 5.97 Å². The van der Waals surface area contributed by atoms with Gasteiger partial charge in [-0.3, -0.25) is 0 Å². The average Bonchev–Trinajstić information content (AvgIpc) is 2.56. The van der Waals surface area contributed by atoms with E-state index in [9.17, 15) is 4.79 Å². The Morgan fingerprint density at radius 3 is 1.00 bits per heavy atom. The summed E-state index contributed by atoms with van der Waals surface area (Å²) in [6.45, 7) is 6.25. The number of rotatable bonds is 16. The summed E-state index contributed by atoms with van der Waals surface area (Å²) in [4.78, 5) is 9.51. The van der Waals surface area contributed by atoms with Crippen molar-refractivity contribution < 1.29 is 9.90 Å². The number of allylic oxidation sites excluding steroid dienone is 1.